The maximum absolute atomic E-state index is 13.1. The molecule has 1 atom stereocenters. The van der Waals surface area contributed by atoms with Crippen LogP contribution in [0.5, 0.6) is 11.5 Å². The van der Waals surface area contributed by atoms with Crippen molar-refractivity contribution in [3.05, 3.63) is 95.6 Å². The van der Waals surface area contributed by atoms with Crippen molar-refractivity contribution >= 4 is 23.1 Å². The first-order valence-electron chi connectivity index (χ1n) is 10.4. The van der Waals surface area contributed by atoms with Crippen molar-refractivity contribution in [2.75, 3.05) is 11.5 Å². The summed E-state index contributed by atoms with van der Waals surface area (Å²) in [4.78, 5) is 27.6. The molecule has 1 unspecified atom stereocenters. The zero-order chi connectivity index (χ0) is 22.7. The van der Waals surface area contributed by atoms with Crippen molar-refractivity contribution < 1.29 is 24.5 Å². The van der Waals surface area contributed by atoms with Crippen LogP contribution in [-0.4, -0.2) is 28.5 Å². The summed E-state index contributed by atoms with van der Waals surface area (Å²) in [7, 11) is 0. The molecular formula is C26H23NO5. The number of carbonyl (C=O) groups is 2. The average Bonchev–Trinajstić information content (AvgIpc) is 3.09. The number of anilines is 1. The lowest BCUT2D eigenvalue weighted by Gasteiger charge is -2.25. The van der Waals surface area contributed by atoms with Crippen LogP contribution in [0.1, 0.15) is 30.5 Å². The molecule has 0 spiro atoms. The molecule has 0 saturated carbocycles. The standard InChI is InChI=1S/C26H23NO5/c1-2-15-32-21-10-6-7-18(16-21)24(29)22-23(17-11-13-20(28)14-12-17)27(26(31)25(22)30)19-8-4-3-5-9-19/h3-14,16,23,28-29H,2,15H2,1H3/b24-22-. The fourth-order valence-electron chi connectivity index (χ4n) is 3.77. The molecule has 1 aliphatic rings. The van der Waals surface area contributed by atoms with Crippen molar-refractivity contribution in [1.82, 2.24) is 0 Å². The third-order valence-electron chi connectivity index (χ3n) is 5.27. The van der Waals surface area contributed by atoms with Crippen LogP contribution in [0, 0.1) is 0 Å². The summed E-state index contributed by atoms with van der Waals surface area (Å²) in [6.07, 6.45) is 0.833. The zero-order valence-electron chi connectivity index (χ0n) is 17.6. The summed E-state index contributed by atoms with van der Waals surface area (Å²) in [5.41, 5.74) is 1.49. The van der Waals surface area contributed by atoms with Crippen LogP contribution in [0.3, 0.4) is 0 Å². The quantitative estimate of drug-likeness (QED) is 0.334. The van der Waals surface area contributed by atoms with E-state index in [2.05, 4.69) is 0 Å². The van der Waals surface area contributed by atoms with Gasteiger partial charge in [0.05, 0.1) is 18.2 Å². The number of para-hydroxylation sites is 1. The lowest BCUT2D eigenvalue weighted by molar-refractivity contribution is -0.132. The van der Waals surface area contributed by atoms with Gasteiger partial charge in [-0.15, -0.1) is 0 Å². The van der Waals surface area contributed by atoms with E-state index in [1.165, 1.54) is 17.0 Å². The van der Waals surface area contributed by atoms with Crippen molar-refractivity contribution in [3.8, 4) is 11.5 Å². The molecule has 1 fully saturated rings. The van der Waals surface area contributed by atoms with Gasteiger partial charge in [0.1, 0.15) is 17.3 Å². The first kappa shape index (κ1) is 21.2. The topological polar surface area (TPSA) is 87.1 Å². The number of benzene rings is 3. The highest BCUT2D eigenvalue weighted by Crippen LogP contribution is 2.42. The SMILES string of the molecule is CCCOc1cccc(/C(O)=C2/C(=O)C(=O)N(c3ccccc3)C2c2ccc(O)cc2)c1. The number of phenols is 1. The van der Waals surface area contributed by atoms with E-state index >= 15 is 0 Å². The van der Waals surface area contributed by atoms with Gasteiger partial charge in [0.25, 0.3) is 11.7 Å². The third kappa shape index (κ3) is 3.95. The second-order valence-corrected chi connectivity index (χ2v) is 7.47. The predicted molar refractivity (Wildman–Crippen MR) is 122 cm³/mol. The number of aliphatic hydroxyl groups excluding tert-OH is 1. The summed E-state index contributed by atoms with van der Waals surface area (Å²) in [5.74, 6) is -1.15. The van der Waals surface area contributed by atoms with Crippen molar-refractivity contribution in [2.24, 2.45) is 0 Å². The van der Waals surface area contributed by atoms with Gasteiger partial charge in [0.15, 0.2) is 0 Å². The maximum atomic E-state index is 13.1. The number of rotatable bonds is 6. The minimum absolute atomic E-state index is 0.0165. The number of ether oxygens (including phenoxy) is 1. The van der Waals surface area contributed by atoms with Gasteiger partial charge in [-0.05, 0) is 48.4 Å². The van der Waals surface area contributed by atoms with Crippen LogP contribution < -0.4 is 9.64 Å². The molecule has 3 aromatic rings. The monoisotopic (exact) mass is 429 g/mol. The van der Waals surface area contributed by atoms with Crippen LogP contribution >= 0.6 is 0 Å². The van der Waals surface area contributed by atoms with E-state index in [0.29, 0.717) is 29.2 Å². The zero-order valence-corrected chi connectivity index (χ0v) is 17.6. The Bertz CT molecular complexity index is 1170. The number of nitrogens with zero attached hydrogens (tertiary/aromatic N) is 1. The predicted octanol–water partition coefficient (Wildman–Crippen LogP) is 4.81. The van der Waals surface area contributed by atoms with Crippen LogP contribution in [0.25, 0.3) is 5.76 Å². The van der Waals surface area contributed by atoms with Gasteiger partial charge in [0.2, 0.25) is 0 Å². The molecule has 1 saturated heterocycles. The Morgan fingerprint density at radius 1 is 0.969 bits per heavy atom. The van der Waals surface area contributed by atoms with E-state index < -0.39 is 17.7 Å². The van der Waals surface area contributed by atoms with Gasteiger partial charge in [-0.25, -0.2) is 0 Å². The second-order valence-electron chi connectivity index (χ2n) is 7.47. The molecule has 0 bridgehead atoms. The fraction of sp³-hybridized carbons (Fsp3) is 0.154. The molecule has 0 aromatic heterocycles. The summed E-state index contributed by atoms with van der Waals surface area (Å²) in [6.45, 7) is 2.52. The van der Waals surface area contributed by atoms with Gasteiger partial charge in [-0.1, -0.05) is 49.4 Å². The largest absolute Gasteiger partial charge is 0.508 e. The summed E-state index contributed by atoms with van der Waals surface area (Å²) >= 11 is 0. The number of Topliss-reactive ketones (excluding diaryl/α,β-unsaturated/α-hetero) is 1. The normalized spacial score (nSPS) is 17.5. The Labute approximate surface area is 186 Å². The molecule has 0 radical (unpaired) electrons. The molecular weight excluding hydrogens is 406 g/mol. The minimum Gasteiger partial charge on any atom is -0.508 e. The summed E-state index contributed by atoms with van der Waals surface area (Å²) < 4.78 is 5.65. The highest BCUT2D eigenvalue weighted by molar-refractivity contribution is 6.51. The number of aliphatic hydroxyl groups is 1. The smallest absolute Gasteiger partial charge is 0.300 e. The molecule has 1 amide bonds. The van der Waals surface area contributed by atoms with Crippen LogP contribution in [0.4, 0.5) is 5.69 Å². The van der Waals surface area contributed by atoms with Gasteiger partial charge >= 0.3 is 0 Å². The fourth-order valence-corrected chi connectivity index (χ4v) is 3.77. The minimum atomic E-state index is -0.849. The molecule has 4 rings (SSSR count). The Morgan fingerprint density at radius 3 is 2.38 bits per heavy atom. The van der Waals surface area contributed by atoms with E-state index in [4.69, 9.17) is 4.74 Å². The van der Waals surface area contributed by atoms with Gasteiger partial charge in [0, 0.05) is 11.3 Å². The molecule has 0 aliphatic carbocycles. The first-order chi connectivity index (χ1) is 15.5. The lowest BCUT2D eigenvalue weighted by atomic mass is 9.95. The molecule has 32 heavy (non-hydrogen) atoms. The molecule has 6 heteroatoms. The van der Waals surface area contributed by atoms with E-state index in [-0.39, 0.29) is 17.1 Å². The van der Waals surface area contributed by atoms with Crippen LogP contribution in [0.15, 0.2) is 84.4 Å². The van der Waals surface area contributed by atoms with Gasteiger partial charge in [-0.3, -0.25) is 14.5 Å². The molecule has 6 nitrogen and oxygen atoms in total. The van der Waals surface area contributed by atoms with Crippen molar-refractivity contribution in [3.63, 3.8) is 0 Å². The Balaban J connectivity index is 1.88. The molecule has 1 heterocycles. The highest BCUT2D eigenvalue weighted by Gasteiger charge is 2.46. The van der Waals surface area contributed by atoms with E-state index in [0.717, 1.165) is 6.42 Å². The lowest BCUT2D eigenvalue weighted by Crippen LogP contribution is -2.29. The number of ketones is 1. The molecule has 1 aliphatic heterocycles. The number of hydrogen-bond acceptors (Lipinski definition) is 5. The van der Waals surface area contributed by atoms with Gasteiger partial charge < -0.3 is 14.9 Å². The van der Waals surface area contributed by atoms with Gasteiger partial charge in [-0.2, -0.15) is 0 Å². The number of aromatic hydroxyl groups is 1. The molecule has 162 valence electrons. The average molecular weight is 429 g/mol. The Kier molecular flexibility index (Phi) is 5.94. The number of amides is 1. The Hall–Kier alpha value is -4.06. The third-order valence-corrected chi connectivity index (χ3v) is 5.27. The van der Waals surface area contributed by atoms with Crippen LogP contribution in [0.2, 0.25) is 0 Å². The van der Waals surface area contributed by atoms with E-state index in [9.17, 15) is 19.8 Å². The first-order valence-corrected chi connectivity index (χ1v) is 10.4. The maximum Gasteiger partial charge on any atom is 0.300 e. The highest BCUT2D eigenvalue weighted by atomic mass is 16.5. The molecule has 2 N–H and O–H groups in total. The van der Waals surface area contributed by atoms with Crippen LogP contribution in [-0.2, 0) is 9.59 Å². The van der Waals surface area contributed by atoms with Crippen molar-refractivity contribution in [2.45, 2.75) is 19.4 Å². The number of carbonyl (C=O) groups excluding carboxylic acids is 2. The van der Waals surface area contributed by atoms with E-state index in [1.54, 1.807) is 60.7 Å². The Morgan fingerprint density at radius 2 is 1.69 bits per heavy atom. The summed E-state index contributed by atoms with van der Waals surface area (Å²) in [5, 5.41) is 20.9. The van der Waals surface area contributed by atoms with E-state index in [1.807, 2.05) is 13.0 Å². The van der Waals surface area contributed by atoms with Crippen molar-refractivity contribution in [1.29, 1.82) is 0 Å². The summed E-state index contributed by atoms with van der Waals surface area (Å²) in [6, 6.07) is 21.0. The molecule has 3 aromatic carbocycles. The number of hydrogen-bond donors (Lipinski definition) is 2. The number of phenolic OH excluding ortho intramolecular Hbond substituents is 1. The second kappa shape index (κ2) is 8.98.